The van der Waals surface area contributed by atoms with E-state index in [9.17, 15) is 8.42 Å². The van der Waals surface area contributed by atoms with E-state index in [2.05, 4.69) is 4.98 Å². The average molecular weight is 286 g/mol. The summed E-state index contributed by atoms with van der Waals surface area (Å²) in [5.74, 6) is 0.939. The molecular formula is C12H22N4O2S. The summed E-state index contributed by atoms with van der Waals surface area (Å²) in [5, 5.41) is 0.136. The topological polar surface area (TPSA) is 81.2 Å². The van der Waals surface area contributed by atoms with Crippen molar-refractivity contribution >= 4 is 10.0 Å². The molecule has 19 heavy (non-hydrogen) atoms. The number of nitrogens with two attached hydrogens (primary N) is 1. The SMILES string of the molecule is Cc1nc(S(=O)(=O)N2CC(CN)CCC2C)cn1C. The molecule has 2 rings (SSSR count). The van der Waals surface area contributed by atoms with Crippen molar-refractivity contribution in [1.29, 1.82) is 0 Å². The molecule has 0 aromatic carbocycles. The smallest absolute Gasteiger partial charge is 0.262 e. The van der Waals surface area contributed by atoms with Crippen molar-refractivity contribution < 1.29 is 8.42 Å². The highest BCUT2D eigenvalue weighted by Crippen LogP contribution is 2.27. The fourth-order valence-corrected chi connectivity index (χ4v) is 4.21. The lowest BCUT2D eigenvalue weighted by Gasteiger charge is -2.35. The van der Waals surface area contributed by atoms with Crippen molar-refractivity contribution in [3.63, 3.8) is 0 Å². The zero-order valence-electron chi connectivity index (χ0n) is 11.7. The number of hydrogen-bond acceptors (Lipinski definition) is 4. The van der Waals surface area contributed by atoms with Crippen LogP contribution in [0.25, 0.3) is 0 Å². The Morgan fingerprint density at radius 3 is 2.68 bits per heavy atom. The molecule has 2 unspecified atom stereocenters. The molecule has 1 aromatic rings. The van der Waals surface area contributed by atoms with Crippen LogP contribution in [0.1, 0.15) is 25.6 Å². The Bertz CT molecular complexity index is 533. The van der Waals surface area contributed by atoms with Gasteiger partial charge >= 0.3 is 0 Å². The molecular weight excluding hydrogens is 264 g/mol. The lowest BCUT2D eigenvalue weighted by atomic mass is 9.96. The molecule has 0 amide bonds. The van der Waals surface area contributed by atoms with Gasteiger partial charge in [0.25, 0.3) is 10.0 Å². The molecule has 108 valence electrons. The molecule has 1 aliphatic heterocycles. The number of piperidine rings is 1. The predicted octanol–water partition coefficient (Wildman–Crippen LogP) is 0.476. The van der Waals surface area contributed by atoms with Crippen LogP contribution in [-0.2, 0) is 17.1 Å². The zero-order chi connectivity index (χ0) is 14.2. The van der Waals surface area contributed by atoms with E-state index < -0.39 is 10.0 Å². The van der Waals surface area contributed by atoms with Gasteiger partial charge in [-0.1, -0.05) is 0 Å². The molecule has 0 spiro atoms. The second-order valence-corrected chi connectivity index (χ2v) is 7.18. The quantitative estimate of drug-likeness (QED) is 0.876. The maximum atomic E-state index is 12.6. The number of aromatic nitrogens is 2. The molecule has 1 aliphatic rings. The third kappa shape index (κ3) is 2.68. The van der Waals surface area contributed by atoms with Gasteiger partial charge in [0.1, 0.15) is 5.82 Å². The maximum absolute atomic E-state index is 12.6. The van der Waals surface area contributed by atoms with Crippen molar-refractivity contribution in [1.82, 2.24) is 13.9 Å². The molecule has 1 aromatic heterocycles. The van der Waals surface area contributed by atoms with Gasteiger partial charge in [-0.05, 0) is 39.2 Å². The third-order valence-corrected chi connectivity index (χ3v) is 5.77. The lowest BCUT2D eigenvalue weighted by Crippen LogP contribution is -2.47. The van der Waals surface area contributed by atoms with E-state index in [1.807, 2.05) is 6.92 Å². The monoisotopic (exact) mass is 286 g/mol. The van der Waals surface area contributed by atoms with Crippen LogP contribution in [0.3, 0.4) is 0 Å². The summed E-state index contributed by atoms with van der Waals surface area (Å²) in [5.41, 5.74) is 5.68. The number of rotatable bonds is 3. The second-order valence-electron chi connectivity index (χ2n) is 5.34. The van der Waals surface area contributed by atoms with E-state index in [0.717, 1.165) is 12.8 Å². The van der Waals surface area contributed by atoms with Gasteiger partial charge in [-0.2, -0.15) is 4.31 Å². The van der Waals surface area contributed by atoms with E-state index in [-0.39, 0.29) is 17.0 Å². The molecule has 0 bridgehead atoms. The Morgan fingerprint density at radius 1 is 1.47 bits per heavy atom. The molecule has 2 heterocycles. The summed E-state index contributed by atoms with van der Waals surface area (Å²) in [6.45, 7) is 4.76. The average Bonchev–Trinajstić information content (AvgIpc) is 2.71. The van der Waals surface area contributed by atoms with Crippen molar-refractivity contribution in [3.05, 3.63) is 12.0 Å². The van der Waals surface area contributed by atoms with Gasteiger partial charge < -0.3 is 10.3 Å². The summed E-state index contributed by atoms with van der Waals surface area (Å²) in [4.78, 5) is 4.14. The van der Waals surface area contributed by atoms with Gasteiger partial charge in [-0.25, -0.2) is 13.4 Å². The number of sulfonamides is 1. The minimum absolute atomic E-state index is 0.00936. The van der Waals surface area contributed by atoms with Crippen LogP contribution in [0, 0.1) is 12.8 Å². The first-order chi connectivity index (χ1) is 8.86. The Morgan fingerprint density at radius 2 is 2.16 bits per heavy atom. The lowest BCUT2D eigenvalue weighted by molar-refractivity contribution is 0.210. The number of hydrogen-bond donors (Lipinski definition) is 1. The molecule has 1 fully saturated rings. The van der Waals surface area contributed by atoms with Crippen LogP contribution in [0.5, 0.6) is 0 Å². The van der Waals surface area contributed by atoms with Crippen molar-refractivity contribution in [3.8, 4) is 0 Å². The second kappa shape index (κ2) is 5.22. The Labute approximate surface area is 114 Å². The fraction of sp³-hybridized carbons (Fsp3) is 0.750. The van der Waals surface area contributed by atoms with E-state index in [1.54, 1.807) is 29.0 Å². The van der Waals surface area contributed by atoms with Gasteiger partial charge in [0.15, 0.2) is 5.03 Å². The summed E-state index contributed by atoms with van der Waals surface area (Å²) in [6.07, 6.45) is 3.42. The summed E-state index contributed by atoms with van der Waals surface area (Å²) >= 11 is 0. The van der Waals surface area contributed by atoms with E-state index in [4.69, 9.17) is 5.73 Å². The number of nitrogens with zero attached hydrogens (tertiary/aromatic N) is 3. The van der Waals surface area contributed by atoms with Gasteiger partial charge in [0, 0.05) is 25.8 Å². The van der Waals surface area contributed by atoms with E-state index in [1.165, 1.54) is 0 Å². The van der Waals surface area contributed by atoms with Crippen LogP contribution in [-0.4, -0.2) is 41.4 Å². The zero-order valence-corrected chi connectivity index (χ0v) is 12.5. The molecule has 2 atom stereocenters. The normalized spacial score (nSPS) is 25.7. The van der Waals surface area contributed by atoms with Crippen molar-refractivity contribution in [2.24, 2.45) is 18.7 Å². The van der Waals surface area contributed by atoms with Crippen LogP contribution in [0.4, 0.5) is 0 Å². The highest BCUT2D eigenvalue weighted by molar-refractivity contribution is 7.89. The van der Waals surface area contributed by atoms with Crippen LogP contribution < -0.4 is 5.73 Å². The van der Waals surface area contributed by atoms with Gasteiger partial charge in [-0.3, -0.25) is 0 Å². The third-order valence-electron chi connectivity index (χ3n) is 3.92. The highest BCUT2D eigenvalue weighted by atomic mass is 32.2. The van der Waals surface area contributed by atoms with Crippen LogP contribution >= 0.6 is 0 Å². The number of aryl methyl sites for hydroxylation is 2. The molecule has 7 heteroatoms. The fourth-order valence-electron chi connectivity index (χ4n) is 2.44. The van der Waals surface area contributed by atoms with Crippen LogP contribution in [0.2, 0.25) is 0 Å². The van der Waals surface area contributed by atoms with Crippen molar-refractivity contribution in [2.45, 2.75) is 37.8 Å². The minimum Gasteiger partial charge on any atom is -0.337 e. The molecule has 0 aliphatic carbocycles. The van der Waals surface area contributed by atoms with E-state index >= 15 is 0 Å². The Kier molecular flexibility index (Phi) is 3.98. The summed E-state index contributed by atoms with van der Waals surface area (Å²) in [6, 6.07) is 0.00936. The van der Waals surface area contributed by atoms with Gasteiger partial charge in [0.05, 0.1) is 0 Å². The molecule has 0 radical (unpaired) electrons. The van der Waals surface area contributed by atoms with E-state index in [0.29, 0.717) is 18.9 Å². The highest BCUT2D eigenvalue weighted by Gasteiger charge is 2.35. The first-order valence-corrected chi connectivity index (χ1v) is 8.02. The summed E-state index contributed by atoms with van der Waals surface area (Å²) < 4.78 is 28.5. The number of imidazole rings is 1. The standard InChI is InChI=1S/C12H22N4O2S/c1-9-4-5-11(6-13)7-16(9)19(17,18)12-8-15(3)10(2)14-12/h8-9,11H,4-7,13H2,1-3H3. The van der Waals surface area contributed by atoms with Crippen LogP contribution in [0.15, 0.2) is 11.2 Å². The first kappa shape index (κ1) is 14.5. The van der Waals surface area contributed by atoms with Gasteiger partial charge in [0.2, 0.25) is 0 Å². The van der Waals surface area contributed by atoms with Crippen molar-refractivity contribution in [2.75, 3.05) is 13.1 Å². The molecule has 0 saturated carbocycles. The Balaban J connectivity index is 2.32. The molecule has 6 nitrogen and oxygen atoms in total. The minimum atomic E-state index is -3.51. The Hall–Kier alpha value is -0.920. The predicted molar refractivity (Wildman–Crippen MR) is 73.1 cm³/mol. The van der Waals surface area contributed by atoms with Gasteiger partial charge in [-0.15, -0.1) is 0 Å². The summed E-state index contributed by atoms with van der Waals surface area (Å²) in [7, 11) is -1.71. The molecule has 2 N–H and O–H groups in total. The first-order valence-electron chi connectivity index (χ1n) is 6.58. The maximum Gasteiger partial charge on any atom is 0.262 e. The largest absolute Gasteiger partial charge is 0.337 e. The molecule has 1 saturated heterocycles.